The van der Waals surface area contributed by atoms with Gasteiger partial charge in [0, 0.05) is 30.6 Å². The molecule has 0 spiro atoms. The molecule has 25 heavy (non-hydrogen) atoms. The number of nitrogens with one attached hydrogen (secondary N) is 1. The second kappa shape index (κ2) is 7.48. The number of amides is 1. The molecule has 0 radical (unpaired) electrons. The quantitative estimate of drug-likeness (QED) is 0.769. The van der Waals surface area contributed by atoms with Crippen LogP contribution in [0.4, 0.5) is 4.39 Å². The molecule has 3 rings (SSSR count). The van der Waals surface area contributed by atoms with Crippen LogP contribution in [0.5, 0.6) is 0 Å². The molecule has 2 aromatic heterocycles. The molecule has 2 heterocycles. The molecule has 126 valence electrons. The van der Waals surface area contributed by atoms with Crippen LogP contribution in [0.25, 0.3) is 11.3 Å². The van der Waals surface area contributed by atoms with Gasteiger partial charge in [0.1, 0.15) is 12.4 Å². The monoisotopic (exact) mass is 338 g/mol. The van der Waals surface area contributed by atoms with Crippen molar-refractivity contribution >= 4 is 5.91 Å². The summed E-state index contributed by atoms with van der Waals surface area (Å²) in [5.74, 6) is -0.694. The third kappa shape index (κ3) is 4.35. The fraction of sp³-hybridized carbons (Fsp3) is 0.111. The third-order valence-electron chi connectivity index (χ3n) is 3.52. The summed E-state index contributed by atoms with van der Waals surface area (Å²) in [7, 11) is 0. The van der Waals surface area contributed by atoms with E-state index in [9.17, 15) is 14.0 Å². The summed E-state index contributed by atoms with van der Waals surface area (Å²) in [5.41, 5.74) is 1.70. The van der Waals surface area contributed by atoms with E-state index >= 15 is 0 Å². The predicted molar refractivity (Wildman–Crippen MR) is 90.0 cm³/mol. The van der Waals surface area contributed by atoms with E-state index in [-0.39, 0.29) is 30.4 Å². The number of carbonyl (C=O) groups is 1. The van der Waals surface area contributed by atoms with E-state index in [0.29, 0.717) is 5.69 Å². The second-order valence-corrected chi connectivity index (χ2v) is 5.36. The molecule has 0 atom stereocenters. The Hall–Kier alpha value is -3.35. The van der Waals surface area contributed by atoms with Crippen LogP contribution in [0.1, 0.15) is 5.56 Å². The normalized spacial score (nSPS) is 10.4. The van der Waals surface area contributed by atoms with Gasteiger partial charge in [0.2, 0.25) is 5.91 Å². The van der Waals surface area contributed by atoms with Crippen LogP contribution in [0, 0.1) is 5.82 Å². The van der Waals surface area contributed by atoms with Crippen molar-refractivity contribution in [1.82, 2.24) is 20.1 Å². The number of hydrogen-bond acceptors (Lipinski definition) is 4. The van der Waals surface area contributed by atoms with Crippen molar-refractivity contribution in [1.29, 1.82) is 0 Å². The Morgan fingerprint density at radius 2 is 1.92 bits per heavy atom. The molecule has 0 unspecified atom stereocenters. The van der Waals surface area contributed by atoms with Gasteiger partial charge in [-0.25, -0.2) is 9.07 Å². The number of halogens is 1. The summed E-state index contributed by atoms with van der Waals surface area (Å²) in [6, 6.07) is 12.4. The molecule has 3 aromatic rings. The van der Waals surface area contributed by atoms with Crippen LogP contribution in [-0.4, -0.2) is 20.7 Å². The highest BCUT2D eigenvalue weighted by molar-refractivity contribution is 5.75. The maximum Gasteiger partial charge on any atom is 0.267 e. The highest BCUT2D eigenvalue weighted by Gasteiger charge is 2.08. The average Bonchev–Trinajstić information content (AvgIpc) is 2.64. The van der Waals surface area contributed by atoms with Crippen LogP contribution in [0.3, 0.4) is 0 Å². The molecular formula is C18H15FN4O2. The first-order valence-electron chi connectivity index (χ1n) is 7.61. The molecule has 1 aromatic carbocycles. The first-order chi connectivity index (χ1) is 12.1. The van der Waals surface area contributed by atoms with Gasteiger partial charge in [0.15, 0.2) is 0 Å². The molecule has 0 saturated carbocycles. The minimum absolute atomic E-state index is 0.200. The van der Waals surface area contributed by atoms with Crippen LogP contribution < -0.4 is 10.9 Å². The van der Waals surface area contributed by atoms with Crippen LogP contribution in [0.2, 0.25) is 0 Å². The largest absolute Gasteiger partial charge is 0.350 e. The lowest BCUT2D eigenvalue weighted by atomic mass is 10.2. The van der Waals surface area contributed by atoms with Crippen molar-refractivity contribution in [2.45, 2.75) is 13.1 Å². The third-order valence-corrected chi connectivity index (χ3v) is 3.52. The Morgan fingerprint density at radius 1 is 1.12 bits per heavy atom. The minimum Gasteiger partial charge on any atom is -0.350 e. The van der Waals surface area contributed by atoms with E-state index in [1.54, 1.807) is 36.7 Å². The molecule has 0 aliphatic rings. The fourth-order valence-electron chi connectivity index (χ4n) is 2.23. The summed E-state index contributed by atoms with van der Waals surface area (Å²) in [6.07, 6.45) is 3.27. The molecule has 0 fully saturated rings. The average molecular weight is 338 g/mol. The Kier molecular flexibility index (Phi) is 4.94. The molecule has 0 aliphatic heterocycles. The maximum atomic E-state index is 12.9. The van der Waals surface area contributed by atoms with E-state index in [2.05, 4.69) is 15.4 Å². The zero-order valence-corrected chi connectivity index (χ0v) is 13.2. The molecule has 0 aliphatic carbocycles. The Labute approximate surface area is 143 Å². The molecule has 6 nitrogen and oxygen atoms in total. The first kappa shape index (κ1) is 16.5. The van der Waals surface area contributed by atoms with E-state index in [1.807, 2.05) is 6.07 Å². The van der Waals surface area contributed by atoms with Gasteiger partial charge in [-0.1, -0.05) is 12.1 Å². The van der Waals surface area contributed by atoms with Gasteiger partial charge in [-0.15, -0.1) is 0 Å². The number of benzene rings is 1. The lowest BCUT2D eigenvalue weighted by Crippen LogP contribution is -2.33. The lowest BCUT2D eigenvalue weighted by molar-refractivity contribution is -0.122. The van der Waals surface area contributed by atoms with Gasteiger partial charge in [0.05, 0.1) is 5.69 Å². The highest BCUT2D eigenvalue weighted by Crippen LogP contribution is 2.12. The number of carbonyl (C=O) groups excluding carboxylic acids is 1. The Balaban J connectivity index is 1.68. The SMILES string of the molecule is O=C(Cn1nc(-c2cccnc2)ccc1=O)NCc1ccc(F)cc1. The first-order valence-corrected chi connectivity index (χ1v) is 7.61. The van der Waals surface area contributed by atoms with Gasteiger partial charge in [-0.3, -0.25) is 14.6 Å². The summed E-state index contributed by atoms with van der Waals surface area (Å²) in [5, 5.41) is 6.88. The Bertz CT molecular complexity index is 924. The summed E-state index contributed by atoms with van der Waals surface area (Å²) in [6.45, 7) is 0.0459. The zero-order valence-electron chi connectivity index (χ0n) is 13.2. The molecule has 7 heteroatoms. The molecule has 0 saturated heterocycles. The standard InChI is InChI=1S/C18H15FN4O2/c19-15-5-3-13(4-6-15)10-21-17(24)12-23-18(25)8-7-16(22-23)14-2-1-9-20-11-14/h1-9,11H,10,12H2,(H,21,24). The molecule has 1 N–H and O–H groups in total. The number of aromatic nitrogens is 3. The smallest absolute Gasteiger partial charge is 0.267 e. The van der Waals surface area contributed by atoms with Crippen LogP contribution >= 0.6 is 0 Å². The van der Waals surface area contributed by atoms with Crippen molar-refractivity contribution in [2.24, 2.45) is 0 Å². The number of nitrogens with zero attached hydrogens (tertiary/aromatic N) is 3. The summed E-state index contributed by atoms with van der Waals surface area (Å²) >= 11 is 0. The predicted octanol–water partition coefficient (Wildman–Crippen LogP) is 1.76. The number of hydrogen-bond donors (Lipinski definition) is 1. The van der Waals surface area contributed by atoms with Gasteiger partial charge in [-0.05, 0) is 35.9 Å². The van der Waals surface area contributed by atoms with Crippen molar-refractivity contribution in [3.63, 3.8) is 0 Å². The van der Waals surface area contributed by atoms with Crippen LogP contribution in [-0.2, 0) is 17.9 Å². The van der Waals surface area contributed by atoms with Gasteiger partial charge < -0.3 is 5.32 Å². The minimum atomic E-state index is -0.371. The molecular weight excluding hydrogens is 323 g/mol. The summed E-state index contributed by atoms with van der Waals surface area (Å²) in [4.78, 5) is 28.0. The van der Waals surface area contributed by atoms with Crippen molar-refractivity contribution in [2.75, 3.05) is 0 Å². The van der Waals surface area contributed by atoms with E-state index in [4.69, 9.17) is 0 Å². The number of rotatable bonds is 5. The maximum absolute atomic E-state index is 12.9. The van der Waals surface area contributed by atoms with Gasteiger partial charge in [-0.2, -0.15) is 5.10 Å². The highest BCUT2D eigenvalue weighted by atomic mass is 19.1. The van der Waals surface area contributed by atoms with Crippen molar-refractivity contribution in [3.8, 4) is 11.3 Å². The fourth-order valence-corrected chi connectivity index (χ4v) is 2.23. The van der Waals surface area contributed by atoms with E-state index in [0.717, 1.165) is 15.8 Å². The molecule has 0 bridgehead atoms. The zero-order chi connectivity index (χ0) is 17.6. The van der Waals surface area contributed by atoms with E-state index < -0.39 is 0 Å². The van der Waals surface area contributed by atoms with Crippen molar-refractivity contribution < 1.29 is 9.18 Å². The number of pyridine rings is 1. The van der Waals surface area contributed by atoms with Gasteiger partial charge >= 0.3 is 0 Å². The Morgan fingerprint density at radius 3 is 2.64 bits per heavy atom. The van der Waals surface area contributed by atoms with E-state index in [1.165, 1.54) is 18.2 Å². The lowest BCUT2D eigenvalue weighted by Gasteiger charge is -2.08. The van der Waals surface area contributed by atoms with Crippen molar-refractivity contribution in [3.05, 3.63) is 82.7 Å². The topological polar surface area (TPSA) is 76.9 Å². The van der Waals surface area contributed by atoms with Crippen LogP contribution in [0.15, 0.2) is 65.7 Å². The second-order valence-electron chi connectivity index (χ2n) is 5.36. The van der Waals surface area contributed by atoms with Gasteiger partial charge in [0.25, 0.3) is 5.56 Å². The molecule has 1 amide bonds. The summed E-state index contributed by atoms with van der Waals surface area (Å²) < 4.78 is 14.0.